The zero-order valence-corrected chi connectivity index (χ0v) is 21.5. The van der Waals surface area contributed by atoms with Gasteiger partial charge in [-0.3, -0.25) is 14.6 Å². The van der Waals surface area contributed by atoms with Gasteiger partial charge >= 0.3 is 0 Å². The summed E-state index contributed by atoms with van der Waals surface area (Å²) in [6, 6.07) is 9.26. The Labute approximate surface area is 204 Å². The fraction of sp³-hybridized carbons (Fsp3) is 0.720. The average molecular weight is 493 g/mol. The Morgan fingerprint density at radius 3 is 2.15 bits per heavy atom. The number of ether oxygens (including phenoxy) is 1. The third-order valence-corrected chi connectivity index (χ3v) is 9.10. The van der Waals surface area contributed by atoms with Crippen LogP contribution in [0.3, 0.4) is 0 Å². The van der Waals surface area contributed by atoms with E-state index in [9.17, 15) is 13.2 Å². The third-order valence-electron chi connectivity index (χ3n) is 7.25. The summed E-state index contributed by atoms with van der Waals surface area (Å²) in [5, 5.41) is 0. The Hall–Kier alpha value is -1.52. The Balaban J connectivity index is 1.17. The van der Waals surface area contributed by atoms with E-state index in [4.69, 9.17) is 4.74 Å². The second kappa shape index (κ2) is 11.5. The van der Waals surface area contributed by atoms with Crippen molar-refractivity contribution in [1.82, 2.24) is 19.0 Å². The molecule has 0 bridgehead atoms. The molecule has 8 nitrogen and oxygen atoms in total. The highest BCUT2D eigenvalue weighted by Crippen LogP contribution is 2.21. The first-order valence-electron chi connectivity index (χ1n) is 12.7. The topological polar surface area (TPSA) is 73.4 Å². The van der Waals surface area contributed by atoms with E-state index in [-0.39, 0.29) is 11.7 Å². The van der Waals surface area contributed by atoms with E-state index in [0.717, 1.165) is 51.1 Å². The smallest absolute Gasteiger partial charge is 0.236 e. The van der Waals surface area contributed by atoms with Crippen molar-refractivity contribution >= 4 is 15.9 Å². The zero-order chi connectivity index (χ0) is 24.1. The Morgan fingerprint density at radius 2 is 1.53 bits per heavy atom. The number of piperazine rings is 1. The maximum atomic E-state index is 12.9. The second-order valence-electron chi connectivity index (χ2n) is 10.2. The normalized spacial score (nSPS) is 26.6. The lowest BCUT2D eigenvalue weighted by Crippen LogP contribution is -2.53. The summed E-state index contributed by atoms with van der Waals surface area (Å²) in [7, 11) is -3.37. The van der Waals surface area contributed by atoms with Crippen LogP contribution in [0.2, 0.25) is 0 Å². The van der Waals surface area contributed by atoms with Crippen LogP contribution in [0.25, 0.3) is 0 Å². The maximum Gasteiger partial charge on any atom is 0.236 e. The second-order valence-corrected chi connectivity index (χ2v) is 12.2. The fourth-order valence-corrected chi connectivity index (χ4v) is 7.02. The van der Waals surface area contributed by atoms with Crippen LogP contribution >= 0.6 is 0 Å². The van der Waals surface area contributed by atoms with Crippen LogP contribution in [0, 0.1) is 5.92 Å². The zero-order valence-electron chi connectivity index (χ0n) is 20.6. The molecule has 9 heteroatoms. The van der Waals surface area contributed by atoms with Gasteiger partial charge in [0.2, 0.25) is 15.9 Å². The maximum absolute atomic E-state index is 12.9. The number of morpholine rings is 1. The molecule has 0 radical (unpaired) electrons. The lowest BCUT2D eigenvalue weighted by molar-refractivity contribution is -0.134. The number of hydrogen-bond donors (Lipinski definition) is 0. The van der Waals surface area contributed by atoms with Crippen LogP contribution in [0.1, 0.15) is 32.3 Å². The number of benzene rings is 1. The van der Waals surface area contributed by atoms with Crippen molar-refractivity contribution < 1.29 is 17.9 Å². The van der Waals surface area contributed by atoms with E-state index in [2.05, 4.69) is 23.6 Å². The summed E-state index contributed by atoms with van der Waals surface area (Å²) in [5.74, 6) is 0.815. The molecular formula is C25H40N4O4S. The van der Waals surface area contributed by atoms with Gasteiger partial charge < -0.3 is 9.64 Å². The Morgan fingerprint density at radius 1 is 0.912 bits per heavy atom. The molecule has 3 heterocycles. The molecule has 3 fully saturated rings. The lowest BCUT2D eigenvalue weighted by Gasteiger charge is -2.40. The summed E-state index contributed by atoms with van der Waals surface area (Å²) in [6.07, 6.45) is 2.85. The largest absolute Gasteiger partial charge is 0.373 e. The van der Waals surface area contributed by atoms with Crippen LogP contribution < -0.4 is 0 Å². The minimum atomic E-state index is -3.37. The van der Waals surface area contributed by atoms with Gasteiger partial charge in [-0.2, -0.15) is 4.31 Å². The van der Waals surface area contributed by atoms with Gasteiger partial charge in [0.25, 0.3) is 0 Å². The van der Waals surface area contributed by atoms with E-state index in [1.807, 2.05) is 35.2 Å². The van der Waals surface area contributed by atoms with Gasteiger partial charge in [-0.15, -0.1) is 0 Å². The number of rotatable bonds is 7. The van der Waals surface area contributed by atoms with E-state index >= 15 is 0 Å². The van der Waals surface area contributed by atoms with Crippen molar-refractivity contribution in [2.75, 3.05) is 65.4 Å². The molecule has 1 aromatic carbocycles. The predicted octanol–water partition coefficient (Wildman–Crippen LogP) is 1.48. The van der Waals surface area contributed by atoms with Crippen LogP contribution in [0.4, 0.5) is 0 Å². The van der Waals surface area contributed by atoms with E-state index < -0.39 is 10.0 Å². The first-order valence-corrected chi connectivity index (χ1v) is 14.3. The van der Waals surface area contributed by atoms with Crippen molar-refractivity contribution in [3.05, 3.63) is 35.9 Å². The summed E-state index contributed by atoms with van der Waals surface area (Å²) >= 11 is 0. The van der Waals surface area contributed by atoms with Crippen molar-refractivity contribution in [3.8, 4) is 0 Å². The number of likely N-dealkylation sites (tertiary alicyclic amines) is 1. The number of hydrogen-bond acceptors (Lipinski definition) is 6. The minimum Gasteiger partial charge on any atom is -0.373 e. The van der Waals surface area contributed by atoms with Crippen molar-refractivity contribution in [2.24, 2.45) is 5.92 Å². The summed E-state index contributed by atoms with van der Waals surface area (Å²) in [4.78, 5) is 19.5. The first-order chi connectivity index (χ1) is 16.3. The fourth-order valence-electron chi connectivity index (χ4n) is 5.51. The molecule has 34 heavy (non-hydrogen) atoms. The standard InChI is InChI=1S/C25H40N4O4S/c1-21-16-27(17-22(2)33-21)18-23-8-10-26(11-9-23)19-25(30)28-12-14-29(15-13-28)34(31,32)20-24-6-4-3-5-7-24/h3-7,21-23H,8-20H2,1-2H3. The van der Waals surface area contributed by atoms with Crippen molar-refractivity contribution in [3.63, 3.8) is 0 Å². The number of carbonyl (C=O) groups excluding carboxylic acids is 1. The van der Waals surface area contributed by atoms with E-state index in [1.165, 1.54) is 4.31 Å². The van der Waals surface area contributed by atoms with Gasteiger partial charge in [-0.05, 0) is 51.3 Å². The molecule has 1 amide bonds. The molecule has 3 saturated heterocycles. The molecule has 4 rings (SSSR count). The molecule has 0 aromatic heterocycles. The van der Waals surface area contributed by atoms with E-state index in [1.54, 1.807) is 0 Å². The minimum absolute atomic E-state index is 0.0129. The molecule has 0 aliphatic carbocycles. The van der Waals surface area contributed by atoms with Gasteiger partial charge in [0.05, 0.1) is 24.5 Å². The third kappa shape index (κ3) is 7.01. The molecular weight excluding hydrogens is 452 g/mol. The quantitative estimate of drug-likeness (QED) is 0.574. The molecule has 0 spiro atoms. The number of amides is 1. The van der Waals surface area contributed by atoms with Crippen LogP contribution in [0.15, 0.2) is 30.3 Å². The van der Waals surface area contributed by atoms with Crippen LogP contribution in [-0.2, 0) is 25.3 Å². The highest BCUT2D eigenvalue weighted by molar-refractivity contribution is 7.88. The Kier molecular flexibility index (Phi) is 8.63. The van der Waals surface area contributed by atoms with Gasteiger partial charge in [-0.25, -0.2) is 8.42 Å². The highest BCUT2D eigenvalue weighted by Gasteiger charge is 2.31. The summed E-state index contributed by atoms with van der Waals surface area (Å²) < 4.78 is 32.9. The van der Waals surface area contributed by atoms with Crippen LogP contribution in [-0.4, -0.2) is 111 Å². The first kappa shape index (κ1) is 25.6. The SMILES string of the molecule is CC1CN(CC2CCN(CC(=O)N3CCN(S(=O)(=O)Cc4ccccc4)CC3)CC2)CC(C)O1. The highest BCUT2D eigenvalue weighted by atomic mass is 32.2. The summed E-state index contributed by atoms with van der Waals surface area (Å²) in [5.41, 5.74) is 0.794. The predicted molar refractivity (Wildman–Crippen MR) is 133 cm³/mol. The van der Waals surface area contributed by atoms with Crippen molar-refractivity contribution in [1.29, 1.82) is 0 Å². The van der Waals surface area contributed by atoms with Crippen LogP contribution in [0.5, 0.6) is 0 Å². The summed E-state index contributed by atoms with van der Waals surface area (Å²) in [6.45, 7) is 11.5. The number of sulfonamides is 1. The van der Waals surface area contributed by atoms with Gasteiger partial charge in [-0.1, -0.05) is 30.3 Å². The lowest BCUT2D eigenvalue weighted by atomic mass is 9.95. The molecule has 0 N–H and O–H groups in total. The molecule has 3 aliphatic heterocycles. The average Bonchev–Trinajstić information content (AvgIpc) is 2.80. The molecule has 190 valence electrons. The molecule has 0 saturated carbocycles. The van der Waals surface area contributed by atoms with E-state index in [0.29, 0.717) is 50.8 Å². The molecule has 2 unspecified atom stereocenters. The monoisotopic (exact) mass is 492 g/mol. The number of carbonyl (C=O) groups is 1. The van der Waals surface area contributed by atoms with Crippen molar-refractivity contribution in [2.45, 2.75) is 44.6 Å². The molecule has 2 atom stereocenters. The van der Waals surface area contributed by atoms with Gasteiger partial charge in [0.1, 0.15) is 0 Å². The molecule has 1 aromatic rings. The number of piperidine rings is 1. The van der Waals surface area contributed by atoms with Gasteiger partial charge in [0, 0.05) is 45.8 Å². The molecule has 3 aliphatic rings. The number of nitrogens with zero attached hydrogens (tertiary/aromatic N) is 4. The van der Waals surface area contributed by atoms with Gasteiger partial charge in [0.15, 0.2) is 0 Å². The Bertz CT molecular complexity index is 887.